The molecule has 0 bridgehead atoms. The van der Waals surface area contributed by atoms with Gasteiger partial charge in [0, 0.05) is 52.3 Å². The van der Waals surface area contributed by atoms with Crippen LogP contribution >= 0.6 is 11.6 Å². The highest BCUT2D eigenvalue weighted by atomic mass is 35.5. The molecule has 19 heteroatoms. The van der Waals surface area contributed by atoms with Crippen LogP contribution in [0.15, 0.2) is 88.7 Å². The second-order valence-corrected chi connectivity index (χ2v) is 14.4. The van der Waals surface area contributed by atoms with Gasteiger partial charge in [-0.15, -0.1) is 0 Å². The third-order valence-corrected chi connectivity index (χ3v) is 10.1. The maximum absolute atomic E-state index is 13.6. The van der Waals surface area contributed by atoms with Crippen molar-refractivity contribution < 1.29 is 53.9 Å². The smallest absolute Gasteiger partial charge is 0.341 e. The lowest BCUT2D eigenvalue weighted by atomic mass is 10.1. The highest BCUT2D eigenvalue weighted by Crippen LogP contribution is 2.34. The Morgan fingerprint density at radius 2 is 1.58 bits per heavy atom. The number of Topliss-reactive ketones (excluding diaryl/α,β-unsaturated/α-hetero) is 1. The number of carboxylic acid groups (broad SMARTS) is 3. The molecule has 0 aliphatic heterocycles. The summed E-state index contributed by atoms with van der Waals surface area (Å²) in [6.45, 7) is -0.355. The van der Waals surface area contributed by atoms with Crippen LogP contribution in [-0.2, 0) is 16.1 Å². The number of aromatic nitrogens is 4. The summed E-state index contributed by atoms with van der Waals surface area (Å²) < 4.78 is 14.9. The molecule has 3 aromatic carbocycles. The van der Waals surface area contributed by atoms with Crippen molar-refractivity contribution in [3.63, 3.8) is 0 Å². The number of nitrogens with one attached hydrogen (secondary N) is 2. The quantitative estimate of drug-likeness (QED) is 0.0455. The summed E-state index contributed by atoms with van der Waals surface area (Å²) in [5, 5.41) is 50.8. The number of hydrogen-bond donors (Lipinski definition) is 7. The van der Waals surface area contributed by atoms with Crippen LogP contribution in [-0.4, -0.2) is 81.2 Å². The van der Waals surface area contributed by atoms with E-state index in [1.807, 2.05) is 6.07 Å². The number of carbonyl (C=O) groups excluding carboxylic acids is 2. The maximum atomic E-state index is 13.6. The Kier molecular flexibility index (Phi) is 13.2. The molecule has 0 unspecified atom stereocenters. The Bertz CT molecular complexity index is 3070. The van der Waals surface area contributed by atoms with Crippen LogP contribution in [0.5, 0.6) is 11.5 Å². The van der Waals surface area contributed by atoms with Gasteiger partial charge in [0.1, 0.15) is 40.1 Å². The lowest BCUT2D eigenvalue weighted by molar-refractivity contribution is -0.137. The SMILES string of the molecule is O=C(O)CCC(=O)c1nc(Cl)c2ccccc2c1O.O=C(O)CNC(=O)c1c(O)c2cc(F)ccc2n(CCC2CC2)c1=O.O=C(O)c1c[nH]c2c(ccc3cccnc32)c1=O. The number of aryl methyl sites for hydroxylation is 1. The molecule has 7 N–H and O–H groups in total. The van der Waals surface area contributed by atoms with E-state index in [1.54, 1.807) is 48.7 Å². The molecule has 1 aliphatic rings. The summed E-state index contributed by atoms with van der Waals surface area (Å²) in [7, 11) is 0. The van der Waals surface area contributed by atoms with Crippen molar-refractivity contribution in [3.8, 4) is 11.5 Å². The van der Waals surface area contributed by atoms with Gasteiger partial charge in [-0.1, -0.05) is 60.8 Å². The van der Waals surface area contributed by atoms with Crippen LogP contribution in [0.2, 0.25) is 5.15 Å². The van der Waals surface area contributed by atoms with E-state index in [2.05, 4.69) is 20.3 Å². The highest BCUT2D eigenvalue weighted by Gasteiger charge is 2.26. The third-order valence-electron chi connectivity index (χ3n) is 9.81. The first-order valence-electron chi connectivity index (χ1n) is 18.8. The number of ketones is 1. The molecule has 4 aromatic heterocycles. The van der Waals surface area contributed by atoms with E-state index in [0.29, 0.717) is 45.2 Å². The Morgan fingerprint density at radius 3 is 2.26 bits per heavy atom. The summed E-state index contributed by atoms with van der Waals surface area (Å²) >= 11 is 5.95. The van der Waals surface area contributed by atoms with Crippen LogP contribution in [0.4, 0.5) is 4.39 Å². The molecule has 0 radical (unpaired) electrons. The normalized spacial score (nSPS) is 12.0. The van der Waals surface area contributed by atoms with E-state index < -0.39 is 64.3 Å². The van der Waals surface area contributed by atoms with Crippen molar-refractivity contribution in [2.45, 2.75) is 38.6 Å². The molecule has 1 amide bonds. The van der Waals surface area contributed by atoms with Gasteiger partial charge in [0.05, 0.1) is 23.0 Å². The summed E-state index contributed by atoms with van der Waals surface area (Å²) in [5.74, 6) is -6.16. The molecule has 1 fully saturated rings. The van der Waals surface area contributed by atoms with Crippen molar-refractivity contribution in [3.05, 3.63) is 127 Å². The van der Waals surface area contributed by atoms with Crippen molar-refractivity contribution in [2.75, 3.05) is 6.54 Å². The zero-order valence-corrected chi connectivity index (χ0v) is 33.0. The van der Waals surface area contributed by atoms with Gasteiger partial charge in [-0.25, -0.2) is 14.2 Å². The van der Waals surface area contributed by atoms with Gasteiger partial charge in [0.15, 0.2) is 11.5 Å². The number of carboxylic acids is 3. The van der Waals surface area contributed by atoms with Gasteiger partial charge in [0.2, 0.25) is 5.43 Å². The minimum absolute atomic E-state index is 0.0378. The van der Waals surface area contributed by atoms with Crippen LogP contribution in [0.1, 0.15) is 63.3 Å². The molecule has 17 nitrogen and oxygen atoms in total. The van der Waals surface area contributed by atoms with Crippen molar-refractivity contribution in [1.29, 1.82) is 0 Å². The number of H-pyrrole nitrogens is 1. The van der Waals surface area contributed by atoms with E-state index >= 15 is 0 Å². The first-order chi connectivity index (χ1) is 29.6. The van der Waals surface area contributed by atoms with Gasteiger partial charge in [-0.2, -0.15) is 0 Å². The molecule has 7 aromatic rings. The van der Waals surface area contributed by atoms with Crippen molar-refractivity contribution >= 4 is 84.7 Å². The van der Waals surface area contributed by atoms with Crippen molar-refractivity contribution in [1.82, 2.24) is 24.8 Å². The van der Waals surface area contributed by atoms with Crippen LogP contribution in [0.25, 0.3) is 43.5 Å². The molecule has 0 atom stereocenters. The third kappa shape index (κ3) is 9.66. The molecular formula is C43H35ClFN5O12. The highest BCUT2D eigenvalue weighted by molar-refractivity contribution is 6.35. The number of fused-ring (bicyclic) bond motifs is 5. The van der Waals surface area contributed by atoms with E-state index in [-0.39, 0.29) is 40.4 Å². The van der Waals surface area contributed by atoms with E-state index in [1.165, 1.54) is 22.9 Å². The van der Waals surface area contributed by atoms with Crippen molar-refractivity contribution in [2.24, 2.45) is 5.92 Å². The number of aromatic amines is 1. The second kappa shape index (κ2) is 18.7. The van der Waals surface area contributed by atoms with Gasteiger partial charge in [0.25, 0.3) is 11.5 Å². The summed E-state index contributed by atoms with van der Waals surface area (Å²) in [6.07, 6.45) is 5.21. The first kappa shape index (κ1) is 43.8. The van der Waals surface area contributed by atoms with Gasteiger partial charge in [-0.3, -0.25) is 33.8 Å². The number of nitrogens with zero attached hydrogens (tertiary/aromatic N) is 3. The fraction of sp³-hybridized carbons (Fsp3) is 0.186. The molecule has 1 aliphatic carbocycles. The summed E-state index contributed by atoms with van der Waals surface area (Å²) in [5.41, 5.74) is -0.701. The predicted octanol–water partition coefficient (Wildman–Crippen LogP) is 5.88. The van der Waals surface area contributed by atoms with Crippen LogP contribution in [0.3, 0.4) is 0 Å². The van der Waals surface area contributed by atoms with E-state index in [0.717, 1.165) is 30.7 Å². The number of aromatic carboxylic acids is 1. The van der Waals surface area contributed by atoms with Gasteiger partial charge < -0.3 is 40.4 Å². The maximum Gasteiger partial charge on any atom is 0.341 e. The van der Waals surface area contributed by atoms with E-state index in [9.17, 15) is 48.2 Å². The molecule has 4 heterocycles. The topological polar surface area (TPSA) is 279 Å². The number of halogens is 2. The summed E-state index contributed by atoms with van der Waals surface area (Å²) in [4.78, 5) is 91.5. The number of aromatic hydroxyl groups is 2. The Morgan fingerprint density at radius 1 is 0.855 bits per heavy atom. The summed E-state index contributed by atoms with van der Waals surface area (Å²) in [6, 6.07) is 17.4. The standard InChI is InChI=1S/C17H17FN2O5.C13H10ClNO4.C13H8N2O3/c18-10-3-4-12-11(7-10)15(23)14(16(24)19-8-13(21)22)17(25)20(12)6-5-9-1-2-9;14-13-8-4-2-1-3-7(8)12(19)11(15-13)9(16)5-6-10(17)18;16-12-8-4-3-7-2-1-5-14-10(7)11(8)15-6-9(12)13(17)18/h3-4,7,9,23H,1-2,5-6,8H2,(H,19,24)(H,21,22);1-4,19H,5-6H2,(H,17,18);1-6H,(H,15,16)(H,17,18). The fourth-order valence-corrected chi connectivity index (χ4v) is 6.79. The lowest BCUT2D eigenvalue weighted by Crippen LogP contribution is -2.36. The average Bonchev–Trinajstić information content (AvgIpc) is 4.08. The minimum Gasteiger partial charge on any atom is -0.506 e. The second-order valence-electron chi connectivity index (χ2n) is 14.0. The Hall–Kier alpha value is -7.73. The molecule has 62 heavy (non-hydrogen) atoms. The van der Waals surface area contributed by atoms with Crippen LogP contribution in [0, 0.1) is 11.7 Å². The molecule has 8 rings (SSSR count). The molecule has 1 saturated carbocycles. The van der Waals surface area contributed by atoms with Crippen LogP contribution < -0.4 is 16.3 Å². The monoisotopic (exact) mass is 867 g/mol. The molecule has 0 spiro atoms. The number of aliphatic carboxylic acids is 2. The number of carbonyl (C=O) groups is 5. The number of amides is 1. The largest absolute Gasteiger partial charge is 0.506 e. The van der Waals surface area contributed by atoms with Gasteiger partial charge >= 0.3 is 17.9 Å². The molecule has 0 saturated heterocycles. The number of pyridine rings is 4. The Balaban J connectivity index is 0.000000158. The lowest BCUT2D eigenvalue weighted by Gasteiger charge is -2.14. The zero-order valence-electron chi connectivity index (χ0n) is 32.2. The number of hydrogen-bond acceptors (Lipinski definition) is 11. The average molecular weight is 868 g/mol. The molecule has 318 valence electrons. The van der Waals surface area contributed by atoms with E-state index in [4.69, 9.17) is 26.9 Å². The first-order valence-corrected chi connectivity index (χ1v) is 19.1. The fourth-order valence-electron chi connectivity index (χ4n) is 6.54. The minimum atomic E-state index is -1.28. The number of benzene rings is 3. The van der Waals surface area contributed by atoms with Gasteiger partial charge in [-0.05, 0) is 42.7 Å². The Labute approximate surface area is 352 Å². The molecular weight excluding hydrogens is 833 g/mol. The number of rotatable bonds is 11. The predicted molar refractivity (Wildman–Crippen MR) is 224 cm³/mol. The zero-order chi connectivity index (χ0) is 44.8.